The topological polar surface area (TPSA) is 79.9 Å². The van der Waals surface area contributed by atoms with E-state index in [0.29, 0.717) is 23.4 Å². The van der Waals surface area contributed by atoms with Crippen molar-refractivity contribution in [3.05, 3.63) is 96.2 Å². The van der Waals surface area contributed by atoms with Crippen molar-refractivity contribution in [2.24, 2.45) is 0 Å². The number of nitrogens with one attached hydrogen (secondary N) is 1. The van der Waals surface area contributed by atoms with Crippen LogP contribution in [-0.4, -0.2) is 22.8 Å². The first kappa shape index (κ1) is 19.9. The third-order valence-electron chi connectivity index (χ3n) is 4.84. The predicted molar refractivity (Wildman–Crippen MR) is 119 cm³/mol. The van der Waals surface area contributed by atoms with Gasteiger partial charge in [-0.3, -0.25) is 4.79 Å². The van der Waals surface area contributed by atoms with Crippen molar-refractivity contribution >= 4 is 11.6 Å². The second-order valence-corrected chi connectivity index (χ2v) is 6.89. The Morgan fingerprint density at radius 1 is 1.03 bits per heavy atom. The summed E-state index contributed by atoms with van der Waals surface area (Å²) < 4.78 is 6.94. The fourth-order valence-electron chi connectivity index (χ4n) is 3.21. The Hall–Kier alpha value is -4.37. The van der Waals surface area contributed by atoms with Crippen molar-refractivity contribution < 1.29 is 9.53 Å². The maximum absolute atomic E-state index is 13.1. The molecule has 0 aliphatic heterocycles. The Morgan fingerprint density at radius 2 is 1.74 bits per heavy atom. The van der Waals surface area contributed by atoms with Crippen LogP contribution < -0.4 is 10.1 Å². The standard InChI is InChI=1S/C25H20N4O2/c1-31-22-13-9-19(10-14-22)24-23(17-29(28-24)21-5-3-2-4-6-21)25(30)27-20-11-7-18(8-12-20)15-16-26/h2-14,17H,15H2,1H3,(H,27,30). The Bertz CT molecular complexity index is 1220. The zero-order valence-corrected chi connectivity index (χ0v) is 16.9. The lowest BCUT2D eigenvalue weighted by Crippen LogP contribution is -2.12. The van der Waals surface area contributed by atoms with Crippen LogP contribution >= 0.6 is 0 Å². The van der Waals surface area contributed by atoms with E-state index in [4.69, 9.17) is 10.00 Å². The van der Waals surface area contributed by atoms with Crippen molar-refractivity contribution in [3.8, 4) is 28.8 Å². The van der Waals surface area contributed by atoms with Gasteiger partial charge in [0.25, 0.3) is 5.91 Å². The summed E-state index contributed by atoms with van der Waals surface area (Å²) in [6, 6.07) is 26.4. The van der Waals surface area contributed by atoms with Gasteiger partial charge in [-0.2, -0.15) is 10.4 Å². The summed E-state index contributed by atoms with van der Waals surface area (Å²) in [6.07, 6.45) is 2.06. The molecule has 1 aromatic heterocycles. The summed E-state index contributed by atoms with van der Waals surface area (Å²) in [5.41, 5.74) is 4.25. The van der Waals surface area contributed by atoms with Crippen LogP contribution in [0.2, 0.25) is 0 Å². The second kappa shape index (κ2) is 8.97. The van der Waals surface area contributed by atoms with Crippen LogP contribution in [0, 0.1) is 11.3 Å². The molecule has 0 atom stereocenters. The highest BCUT2D eigenvalue weighted by Crippen LogP contribution is 2.26. The van der Waals surface area contributed by atoms with E-state index in [0.717, 1.165) is 22.6 Å². The van der Waals surface area contributed by atoms with Crippen molar-refractivity contribution in [2.75, 3.05) is 12.4 Å². The summed E-state index contributed by atoms with van der Waals surface area (Å²) >= 11 is 0. The zero-order chi connectivity index (χ0) is 21.6. The van der Waals surface area contributed by atoms with Crippen LogP contribution in [0.25, 0.3) is 16.9 Å². The Labute approximate surface area is 180 Å². The minimum absolute atomic E-state index is 0.263. The van der Waals surface area contributed by atoms with Crippen molar-refractivity contribution in [3.63, 3.8) is 0 Å². The van der Waals surface area contributed by atoms with Gasteiger partial charge in [-0.15, -0.1) is 0 Å². The van der Waals surface area contributed by atoms with E-state index in [1.54, 1.807) is 30.1 Å². The summed E-state index contributed by atoms with van der Waals surface area (Å²) in [5.74, 6) is 0.468. The number of aromatic nitrogens is 2. The van der Waals surface area contributed by atoms with Gasteiger partial charge in [-0.05, 0) is 54.1 Å². The van der Waals surface area contributed by atoms with Gasteiger partial charge in [-0.25, -0.2) is 4.68 Å². The number of rotatable bonds is 6. The first-order chi connectivity index (χ1) is 15.2. The minimum Gasteiger partial charge on any atom is -0.497 e. The SMILES string of the molecule is COc1ccc(-c2nn(-c3ccccc3)cc2C(=O)Nc2ccc(CC#N)cc2)cc1. The molecule has 4 rings (SSSR count). The molecule has 6 nitrogen and oxygen atoms in total. The molecule has 3 aromatic carbocycles. The first-order valence-corrected chi connectivity index (χ1v) is 9.74. The zero-order valence-electron chi connectivity index (χ0n) is 16.9. The average molecular weight is 408 g/mol. The normalized spacial score (nSPS) is 10.3. The number of ether oxygens (including phenoxy) is 1. The highest BCUT2D eigenvalue weighted by atomic mass is 16.5. The fourth-order valence-corrected chi connectivity index (χ4v) is 3.21. The molecule has 0 bridgehead atoms. The molecule has 31 heavy (non-hydrogen) atoms. The van der Waals surface area contributed by atoms with Gasteiger partial charge in [0.2, 0.25) is 0 Å². The molecule has 1 N–H and O–H groups in total. The van der Waals surface area contributed by atoms with E-state index in [1.165, 1.54) is 0 Å². The maximum Gasteiger partial charge on any atom is 0.259 e. The molecule has 4 aromatic rings. The van der Waals surface area contributed by atoms with Gasteiger partial charge in [0.1, 0.15) is 11.4 Å². The number of benzene rings is 3. The van der Waals surface area contributed by atoms with Gasteiger partial charge in [0.05, 0.1) is 30.9 Å². The summed E-state index contributed by atoms with van der Waals surface area (Å²) in [6.45, 7) is 0. The van der Waals surface area contributed by atoms with Crippen LogP contribution in [0.4, 0.5) is 5.69 Å². The molecule has 152 valence electrons. The first-order valence-electron chi connectivity index (χ1n) is 9.74. The molecule has 6 heteroatoms. The lowest BCUT2D eigenvalue weighted by atomic mass is 10.1. The number of carbonyl (C=O) groups is 1. The van der Waals surface area contributed by atoms with E-state index in [1.807, 2.05) is 66.7 Å². The van der Waals surface area contributed by atoms with Gasteiger partial charge >= 0.3 is 0 Å². The quantitative estimate of drug-likeness (QED) is 0.494. The highest BCUT2D eigenvalue weighted by Gasteiger charge is 2.19. The third kappa shape index (κ3) is 4.46. The van der Waals surface area contributed by atoms with Gasteiger partial charge < -0.3 is 10.1 Å². The van der Waals surface area contributed by atoms with E-state index in [-0.39, 0.29) is 5.91 Å². The number of nitrogens with zero attached hydrogens (tertiary/aromatic N) is 3. The molecular formula is C25H20N4O2. The summed E-state index contributed by atoms with van der Waals surface area (Å²) in [7, 11) is 1.61. The van der Waals surface area contributed by atoms with E-state index >= 15 is 0 Å². The fraction of sp³-hybridized carbons (Fsp3) is 0.0800. The van der Waals surface area contributed by atoms with Crippen molar-refractivity contribution in [1.82, 2.24) is 9.78 Å². The lowest BCUT2D eigenvalue weighted by molar-refractivity contribution is 0.102. The van der Waals surface area contributed by atoms with Crippen LogP contribution in [0.3, 0.4) is 0 Å². The maximum atomic E-state index is 13.1. The molecule has 1 amide bonds. The van der Waals surface area contributed by atoms with Crippen LogP contribution in [0.5, 0.6) is 5.75 Å². The smallest absolute Gasteiger partial charge is 0.259 e. The van der Waals surface area contributed by atoms with Crippen LogP contribution in [0.1, 0.15) is 15.9 Å². The van der Waals surface area contributed by atoms with E-state index < -0.39 is 0 Å². The highest BCUT2D eigenvalue weighted by molar-refractivity contribution is 6.08. The number of hydrogen-bond donors (Lipinski definition) is 1. The number of hydrogen-bond acceptors (Lipinski definition) is 4. The predicted octanol–water partition coefficient (Wildman–Crippen LogP) is 4.87. The lowest BCUT2D eigenvalue weighted by Gasteiger charge is -2.07. The van der Waals surface area contributed by atoms with Gasteiger partial charge in [0.15, 0.2) is 0 Å². The molecule has 0 unspecified atom stereocenters. The van der Waals surface area contributed by atoms with E-state index in [9.17, 15) is 4.79 Å². The Balaban J connectivity index is 1.69. The summed E-state index contributed by atoms with van der Waals surface area (Å²) in [5, 5.41) is 16.4. The van der Waals surface area contributed by atoms with Crippen LogP contribution in [0.15, 0.2) is 85.1 Å². The number of nitriles is 1. The van der Waals surface area contributed by atoms with Crippen LogP contribution in [-0.2, 0) is 6.42 Å². The van der Waals surface area contributed by atoms with Gasteiger partial charge in [0, 0.05) is 17.4 Å². The number of methoxy groups -OCH3 is 1. The van der Waals surface area contributed by atoms with E-state index in [2.05, 4.69) is 16.5 Å². The molecule has 0 radical (unpaired) electrons. The molecule has 0 fully saturated rings. The molecule has 0 saturated heterocycles. The molecule has 0 aliphatic carbocycles. The second-order valence-electron chi connectivity index (χ2n) is 6.89. The molecule has 0 saturated carbocycles. The molecule has 1 heterocycles. The molecule has 0 spiro atoms. The molecule has 0 aliphatic rings. The number of carbonyl (C=O) groups excluding carboxylic acids is 1. The number of para-hydroxylation sites is 1. The van der Waals surface area contributed by atoms with Crippen molar-refractivity contribution in [2.45, 2.75) is 6.42 Å². The third-order valence-corrected chi connectivity index (χ3v) is 4.84. The average Bonchev–Trinajstić information content (AvgIpc) is 3.27. The Kier molecular flexibility index (Phi) is 5.77. The van der Waals surface area contributed by atoms with Crippen molar-refractivity contribution in [1.29, 1.82) is 5.26 Å². The number of anilines is 1. The number of amides is 1. The van der Waals surface area contributed by atoms with Gasteiger partial charge in [-0.1, -0.05) is 30.3 Å². The Morgan fingerprint density at radius 3 is 2.39 bits per heavy atom. The largest absolute Gasteiger partial charge is 0.497 e. The summed E-state index contributed by atoms with van der Waals surface area (Å²) in [4.78, 5) is 13.1. The molecular weight excluding hydrogens is 388 g/mol. The minimum atomic E-state index is -0.263. The monoisotopic (exact) mass is 408 g/mol.